The van der Waals surface area contributed by atoms with Gasteiger partial charge in [0.2, 0.25) is 0 Å². The number of carbonyl (C=O) groups is 2. The fraction of sp³-hybridized carbons (Fsp3) is 0.375. The molecule has 1 fully saturated rings. The summed E-state index contributed by atoms with van der Waals surface area (Å²) >= 11 is 0. The highest BCUT2D eigenvalue weighted by Crippen LogP contribution is 2.39. The maximum atomic E-state index is 13.3. The van der Waals surface area contributed by atoms with Gasteiger partial charge in [0.1, 0.15) is 0 Å². The lowest BCUT2D eigenvalue weighted by Crippen LogP contribution is -2.24. The largest absolute Gasteiger partial charge is 0.354 e. The second-order valence-electron chi connectivity index (χ2n) is 8.29. The van der Waals surface area contributed by atoms with Gasteiger partial charge in [0, 0.05) is 31.4 Å². The van der Waals surface area contributed by atoms with Gasteiger partial charge in [-0.05, 0) is 57.7 Å². The van der Waals surface area contributed by atoms with Gasteiger partial charge in [0.05, 0.1) is 23.3 Å². The lowest BCUT2D eigenvalue weighted by Gasteiger charge is -2.12. The minimum Gasteiger partial charge on any atom is -0.354 e. The van der Waals surface area contributed by atoms with Gasteiger partial charge in [0.25, 0.3) is 11.8 Å². The van der Waals surface area contributed by atoms with Crippen molar-refractivity contribution in [2.24, 2.45) is 9.98 Å². The van der Waals surface area contributed by atoms with Crippen LogP contribution in [0.4, 0.5) is 11.5 Å². The first-order valence-electron chi connectivity index (χ1n) is 11.1. The van der Waals surface area contributed by atoms with Crippen LogP contribution >= 0.6 is 0 Å². The summed E-state index contributed by atoms with van der Waals surface area (Å²) in [6.45, 7) is 4.56. The van der Waals surface area contributed by atoms with Crippen molar-refractivity contribution in [2.45, 2.75) is 45.4 Å². The highest BCUT2D eigenvalue weighted by Gasteiger charge is 2.28. The highest BCUT2D eigenvalue weighted by atomic mass is 16.2. The van der Waals surface area contributed by atoms with Crippen LogP contribution in [-0.4, -0.2) is 52.3 Å². The molecule has 1 aliphatic carbocycles. The predicted molar refractivity (Wildman–Crippen MR) is 128 cm³/mol. The van der Waals surface area contributed by atoms with Gasteiger partial charge < -0.3 is 10.6 Å². The summed E-state index contributed by atoms with van der Waals surface area (Å²) in [6, 6.07) is 3.39. The lowest BCUT2D eigenvalue weighted by atomic mass is 10.1. The number of nitrogens with one attached hydrogen (secondary N) is 2. The minimum atomic E-state index is -0.497. The molecular weight excluding hydrogens is 418 g/mol. The van der Waals surface area contributed by atoms with Crippen LogP contribution in [0, 0.1) is 6.92 Å². The van der Waals surface area contributed by atoms with E-state index in [1.54, 1.807) is 31.5 Å². The van der Waals surface area contributed by atoms with Gasteiger partial charge in [-0.15, -0.1) is 0 Å². The number of allylic oxidation sites excluding steroid dienone is 2. The van der Waals surface area contributed by atoms with Gasteiger partial charge in [-0.25, -0.2) is 19.9 Å². The number of amides is 2. The first-order valence-corrected chi connectivity index (χ1v) is 11.1. The Bertz CT molecular complexity index is 1180. The molecule has 2 N–H and O–H groups in total. The quantitative estimate of drug-likeness (QED) is 0.729. The molecule has 0 saturated heterocycles. The van der Waals surface area contributed by atoms with E-state index in [-0.39, 0.29) is 17.2 Å². The van der Waals surface area contributed by atoms with E-state index < -0.39 is 11.8 Å². The molecule has 0 spiro atoms. The molecule has 2 amide bonds. The number of hydrogen-bond acceptors (Lipinski definition) is 7. The molecular formula is C24H27N7O2. The number of carbonyl (C=O) groups excluding carboxylic acids is 2. The van der Waals surface area contributed by atoms with E-state index in [1.165, 1.54) is 12.6 Å². The van der Waals surface area contributed by atoms with Gasteiger partial charge >= 0.3 is 0 Å². The zero-order valence-corrected chi connectivity index (χ0v) is 19.1. The minimum absolute atomic E-state index is 0.108. The second kappa shape index (κ2) is 9.81. The smallest absolute Gasteiger partial charge is 0.278 e. The number of hydrogen-bond donors (Lipinski definition) is 2. The van der Waals surface area contributed by atoms with Crippen LogP contribution in [0.5, 0.6) is 0 Å². The number of aromatic nitrogens is 3. The summed E-state index contributed by atoms with van der Waals surface area (Å²) in [6.07, 6.45) is 9.34. The standard InChI is InChI=1S/C24H27N7O2/c1-14-5-4-10-26-12-17(11-14)29-22-21(30-19(13-27-22)16-7-8-16)24(33)31-18-9-6-15(2)28-20(18)23(32)25-3/h6,9,11-13,16H,4-5,7-8,10H2,1-3H3,(H,25,32)(H,31,33). The summed E-state index contributed by atoms with van der Waals surface area (Å²) in [4.78, 5) is 47.9. The molecule has 2 aromatic heterocycles. The van der Waals surface area contributed by atoms with Crippen molar-refractivity contribution in [3.05, 3.63) is 52.8 Å². The molecule has 0 atom stereocenters. The number of rotatable bonds is 5. The van der Waals surface area contributed by atoms with Crippen molar-refractivity contribution < 1.29 is 9.59 Å². The number of aliphatic imine (C=N–C) groups is 2. The van der Waals surface area contributed by atoms with Gasteiger partial charge in [-0.3, -0.25) is 14.6 Å². The average molecular weight is 446 g/mol. The maximum absolute atomic E-state index is 13.3. The number of nitrogens with zero attached hydrogens (tertiary/aromatic N) is 5. The molecule has 9 heteroatoms. The molecule has 0 unspecified atom stereocenters. The van der Waals surface area contributed by atoms with Crippen molar-refractivity contribution in [3.63, 3.8) is 0 Å². The normalized spacial score (nSPS) is 17.2. The molecule has 0 bridgehead atoms. The fourth-order valence-electron chi connectivity index (χ4n) is 3.49. The third-order valence-electron chi connectivity index (χ3n) is 5.42. The van der Waals surface area contributed by atoms with Crippen molar-refractivity contribution in [2.75, 3.05) is 18.9 Å². The fourth-order valence-corrected chi connectivity index (χ4v) is 3.49. The molecule has 1 saturated carbocycles. The van der Waals surface area contributed by atoms with Crippen LogP contribution < -0.4 is 10.6 Å². The Kier molecular flexibility index (Phi) is 6.67. The van der Waals surface area contributed by atoms with E-state index in [9.17, 15) is 9.59 Å². The van der Waals surface area contributed by atoms with Gasteiger partial charge in [-0.2, -0.15) is 0 Å². The SMILES string of the molecule is CNC(=O)c1nc(C)ccc1NC(=O)c1nc(C2CC2)cnc1N=C1C=NCCCC(C)=C1. The van der Waals surface area contributed by atoms with Crippen LogP contribution in [0.3, 0.4) is 0 Å². The molecule has 9 nitrogen and oxygen atoms in total. The maximum Gasteiger partial charge on any atom is 0.278 e. The summed E-state index contributed by atoms with van der Waals surface area (Å²) < 4.78 is 0. The van der Waals surface area contributed by atoms with Gasteiger partial charge in [0.15, 0.2) is 17.2 Å². The number of aryl methyl sites for hydroxylation is 1. The highest BCUT2D eigenvalue weighted by molar-refractivity contribution is 6.36. The van der Waals surface area contributed by atoms with Crippen molar-refractivity contribution >= 4 is 35.2 Å². The molecule has 0 radical (unpaired) electrons. The van der Waals surface area contributed by atoms with Crippen molar-refractivity contribution in [1.29, 1.82) is 0 Å². The van der Waals surface area contributed by atoms with Crippen LogP contribution in [0.2, 0.25) is 0 Å². The first-order chi connectivity index (χ1) is 15.9. The monoisotopic (exact) mass is 445 g/mol. The Hall–Kier alpha value is -3.75. The molecule has 33 heavy (non-hydrogen) atoms. The Morgan fingerprint density at radius 3 is 2.67 bits per heavy atom. The Labute approximate surface area is 192 Å². The van der Waals surface area contributed by atoms with Crippen LogP contribution in [-0.2, 0) is 0 Å². The third-order valence-corrected chi connectivity index (χ3v) is 5.42. The number of pyridine rings is 1. The zero-order valence-electron chi connectivity index (χ0n) is 19.1. The third kappa shape index (κ3) is 5.54. The van der Waals surface area contributed by atoms with Crippen LogP contribution in [0.1, 0.15) is 70.9 Å². The first kappa shape index (κ1) is 22.4. The molecule has 4 rings (SSSR count). The van der Waals surface area contributed by atoms with E-state index >= 15 is 0 Å². The molecule has 3 heterocycles. The molecule has 0 aromatic carbocycles. The number of anilines is 1. The van der Waals surface area contributed by atoms with E-state index in [4.69, 9.17) is 0 Å². The molecule has 1 aliphatic heterocycles. The van der Waals surface area contributed by atoms with E-state index in [2.05, 4.69) is 42.5 Å². The van der Waals surface area contributed by atoms with Crippen LogP contribution in [0.25, 0.3) is 0 Å². The molecule has 2 aliphatic rings. The Balaban J connectivity index is 1.72. The average Bonchev–Trinajstić information content (AvgIpc) is 3.63. The Morgan fingerprint density at radius 2 is 1.91 bits per heavy atom. The van der Waals surface area contributed by atoms with Crippen molar-refractivity contribution in [1.82, 2.24) is 20.3 Å². The summed E-state index contributed by atoms with van der Waals surface area (Å²) in [5, 5.41) is 5.33. The predicted octanol–water partition coefficient (Wildman–Crippen LogP) is 3.55. The lowest BCUT2D eigenvalue weighted by molar-refractivity contribution is 0.0959. The van der Waals surface area contributed by atoms with E-state index in [1.807, 2.05) is 6.08 Å². The van der Waals surface area contributed by atoms with Gasteiger partial charge in [-0.1, -0.05) is 5.57 Å². The zero-order chi connectivity index (χ0) is 23.4. The summed E-state index contributed by atoms with van der Waals surface area (Å²) in [5.74, 6) is -0.356. The topological polar surface area (TPSA) is 122 Å². The Morgan fingerprint density at radius 1 is 1.09 bits per heavy atom. The van der Waals surface area contributed by atoms with Crippen LogP contribution in [0.15, 0.2) is 40.0 Å². The summed E-state index contributed by atoms with van der Waals surface area (Å²) in [5.41, 5.74) is 3.79. The second-order valence-corrected chi connectivity index (χ2v) is 8.29. The van der Waals surface area contributed by atoms with E-state index in [0.29, 0.717) is 23.0 Å². The van der Waals surface area contributed by atoms with E-state index in [0.717, 1.165) is 37.9 Å². The van der Waals surface area contributed by atoms with Crippen molar-refractivity contribution in [3.8, 4) is 0 Å². The summed E-state index contributed by atoms with van der Waals surface area (Å²) in [7, 11) is 1.52. The molecule has 170 valence electrons. The molecule has 2 aromatic rings.